The lowest BCUT2D eigenvalue weighted by atomic mass is 9.82. The molecule has 0 aromatic heterocycles. The van der Waals surface area contributed by atoms with E-state index in [4.69, 9.17) is 0 Å². The zero-order valence-electron chi connectivity index (χ0n) is 8.55. The van der Waals surface area contributed by atoms with Crippen LogP contribution in [0.15, 0.2) is 0 Å². The number of aliphatic hydroxyl groups is 1. The number of amides is 1. The molecule has 0 aromatic rings. The second kappa shape index (κ2) is 5.12. The lowest BCUT2D eigenvalue weighted by Crippen LogP contribution is -2.54. The molecule has 2 N–H and O–H groups in total. The van der Waals surface area contributed by atoms with Gasteiger partial charge in [-0.05, 0) is 19.8 Å². The molecule has 82 valence electrons. The van der Waals surface area contributed by atoms with Gasteiger partial charge >= 0.3 is 0 Å². The van der Waals surface area contributed by atoms with Crippen LogP contribution in [-0.4, -0.2) is 28.0 Å². The zero-order chi connectivity index (χ0) is 10.6. The number of halogens is 1. The summed E-state index contributed by atoms with van der Waals surface area (Å²) < 4.78 is 0. The van der Waals surface area contributed by atoms with E-state index in [0.29, 0.717) is 0 Å². The van der Waals surface area contributed by atoms with Gasteiger partial charge in [0.1, 0.15) is 0 Å². The van der Waals surface area contributed by atoms with Gasteiger partial charge in [-0.25, -0.2) is 0 Å². The smallest absolute Gasteiger partial charge is 0.234 e. The van der Waals surface area contributed by atoms with E-state index >= 15 is 0 Å². The lowest BCUT2D eigenvalue weighted by molar-refractivity contribution is -0.123. The van der Waals surface area contributed by atoms with Gasteiger partial charge in [0, 0.05) is 0 Å². The molecular weight excluding hydrogens is 246 g/mol. The van der Waals surface area contributed by atoms with Crippen molar-refractivity contribution in [1.82, 2.24) is 5.32 Å². The fourth-order valence-corrected chi connectivity index (χ4v) is 2.03. The van der Waals surface area contributed by atoms with E-state index in [1.807, 2.05) is 0 Å². The zero-order valence-corrected chi connectivity index (χ0v) is 10.1. The van der Waals surface area contributed by atoms with Crippen LogP contribution in [0.4, 0.5) is 0 Å². The average molecular weight is 264 g/mol. The van der Waals surface area contributed by atoms with E-state index in [2.05, 4.69) is 21.2 Å². The lowest BCUT2D eigenvalue weighted by Gasteiger charge is -2.36. The molecule has 4 heteroatoms. The fourth-order valence-electron chi connectivity index (χ4n) is 1.91. The van der Waals surface area contributed by atoms with Crippen molar-refractivity contribution in [2.45, 2.75) is 49.4 Å². The summed E-state index contributed by atoms with van der Waals surface area (Å²) in [6.07, 6.45) is 5.19. The first-order valence-corrected chi connectivity index (χ1v) is 6.08. The maximum absolute atomic E-state index is 11.5. The molecule has 1 rings (SSSR count). The Morgan fingerprint density at radius 2 is 2.07 bits per heavy atom. The van der Waals surface area contributed by atoms with E-state index in [-0.39, 0.29) is 22.9 Å². The highest BCUT2D eigenvalue weighted by Gasteiger charge is 2.33. The largest absolute Gasteiger partial charge is 0.394 e. The summed E-state index contributed by atoms with van der Waals surface area (Å²) in [6.45, 7) is 1.85. The number of rotatable bonds is 3. The van der Waals surface area contributed by atoms with Gasteiger partial charge in [-0.3, -0.25) is 4.79 Å². The van der Waals surface area contributed by atoms with Crippen molar-refractivity contribution in [3.8, 4) is 0 Å². The van der Waals surface area contributed by atoms with Crippen LogP contribution in [0.1, 0.15) is 39.0 Å². The van der Waals surface area contributed by atoms with Gasteiger partial charge in [0.15, 0.2) is 0 Å². The topological polar surface area (TPSA) is 49.3 Å². The van der Waals surface area contributed by atoms with E-state index in [1.165, 1.54) is 6.42 Å². The SMILES string of the molecule is CC(Br)C(=O)NC1(CO)CCCCC1. The molecule has 1 aliphatic carbocycles. The Bertz CT molecular complexity index is 200. The minimum absolute atomic E-state index is 0.0269. The van der Waals surface area contributed by atoms with Crippen LogP contribution < -0.4 is 5.32 Å². The Labute approximate surface area is 93.4 Å². The molecule has 1 fully saturated rings. The number of alkyl halides is 1. The summed E-state index contributed by atoms with van der Waals surface area (Å²) in [4.78, 5) is 11.3. The Morgan fingerprint density at radius 1 is 1.50 bits per heavy atom. The molecule has 1 atom stereocenters. The first-order valence-electron chi connectivity index (χ1n) is 5.17. The maximum atomic E-state index is 11.5. The molecule has 0 spiro atoms. The predicted molar refractivity (Wildman–Crippen MR) is 59.4 cm³/mol. The van der Waals surface area contributed by atoms with E-state index < -0.39 is 0 Å². The highest BCUT2D eigenvalue weighted by atomic mass is 79.9. The van der Waals surface area contributed by atoms with Crippen molar-refractivity contribution < 1.29 is 9.90 Å². The van der Waals surface area contributed by atoms with Gasteiger partial charge in [0.2, 0.25) is 5.91 Å². The molecule has 14 heavy (non-hydrogen) atoms. The summed E-state index contributed by atoms with van der Waals surface area (Å²) in [5.74, 6) is -0.0269. The standard InChI is InChI=1S/C10H18BrNO2/c1-8(11)9(14)12-10(7-13)5-3-2-4-6-10/h8,13H,2-7H2,1H3,(H,12,14). The van der Waals surface area contributed by atoms with Gasteiger partial charge in [-0.2, -0.15) is 0 Å². The van der Waals surface area contributed by atoms with Crippen molar-refractivity contribution in [3.63, 3.8) is 0 Å². The number of hydrogen-bond donors (Lipinski definition) is 2. The Balaban J connectivity index is 2.56. The minimum atomic E-state index is -0.350. The van der Waals surface area contributed by atoms with Gasteiger partial charge in [-0.15, -0.1) is 0 Å². The maximum Gasteiger partial charge on any atom is 0.234 e. The second-order valence-electron chi connectivity index (χ2n) is 4.10. The van der Waals surface area contributed by atoms with Crippen molar-refractivity contribution in [2.24, 2.45) is 0 Å². The van der Waals surface area contributed by atoms with Crippen molar-refractivity contribution >= 4 is 21.8 Å². The Morgan fingerprint density at radius 3 is 2.50 bits per heavy atom. The quantitative estimate of drug-likeness (QED) is 0.760. The Kier molecular flexibility index (Phi) is 4.38. The molecule has 3 nitrogen and oxygen atoms in total. The molecule has 0 aliphatic heterocycles. The van der Waals surface area contributed by atoms with Crippen LogP contribution in [0.5, 0.6) is 0 Å². The van der Waals surface area contributed by atoms with Gasteiger partial charge in [0.05, 0.1) is 17.0 Å². The van der Waals surface area contributed by atoms with Crippen LogP contribution in [0.3, 0.4) is 0 Å². The van der Waals surface area contributed by atoms with Crippen LogP contribution >= 0.6 is 15.9 Å². The molecule has 0 radical (unpaired) electrons. The highest BCUT2D eigenvalue weighted by Crippen LogP contribution is 2.27. The summed E-state index contributed by atoms with van der Waals surface area (Å²) >= 11 is 3.23. The molecule has 1 unspecified atom stereocenters. The highest BCUT2D eigenvalue weighted by molar-refractivity contribution is 9.10. The van der Waals surface area contributed by atoms with Gasteiger partial charge < -0.3 is 10.4 Å². The van der Waals surface area contributed by atoms with Crippen molar-refractivity contribution in [2.75, 3.05) is 6.61 Å². The van der Waals surface area contributed by atoms with Crippen LogP contribution in [0.25, 0.3) is 0 Å². The number of nitrogens with one attached hydrogen (secondary N) is 1. The van der Waals surface area contributed by atoms with E-state index in [0.717, 1.165) is 25.7 Å². The molecule has 0 saturated heterocycles. The molecule has 1 saturated carbocycles. The van der Waals surface area contributed by atoms with Crippen molar-refractivity contribution in [3.05, 3.63) is 0 Å². The fraction of sp³-hybridized carbons (Fsp3) is 0.900. The van der Waals surface area contributed by atoms with Crippen LogP contribution in [-0.2, 0) is 4.79 Å². The molecular formula is C10H18BrNO2. The normalized spacial score (nSPS) is 22.8. The number of carbonyl (C=O) groups excluding carboxylic acids is 1. The number of hydrogen-bond acceptors (Lipinski definition) is 2. The first kappa shape index (κ1) is 12.0. The molecule has 0 aromatic carbocycles. The second-order valence-corrected chi connectivity index (χ2v) is 5.48. The first-order chi connectivity index (χ1) is 6.59. The van der Waals surface area contributed by atoms with Crippen LogP contribution in [0.2, 0.25) is 0 Å². The summed E-state index contributed by atoms with van der Waals surface area (Å²) in [7, 11) is 0. The molecule has 1 amide bonds. The summed E-state index contributed by atoms with van der Waals surface area (Å²) in [6, 6.07) is 0. The third kappa shape index (κ3) is 2.95. The summed E-state index contributed by atoms with van der Waals surface area (Å²) in [5.41, 5.74) is -0.350. The van der Waals surface area contributed by atoms with Crippen molar-refractivity contribution in [1.29, 1.82) is 0 Å². The third-order valence-corrected chi connectivity index (χ3v) is 3.28. The van der Waals surface area contributed by atoms with Gasteiger partial charge in [-0.1, -0.05) is 35.2 Å². The monoisotopic (exact) mass is 263 g/mol. The third-order valence-electron chi connectivity index (χ3n) is 2.86. The van der Waals surface area contributed by atoms with E-state index in [9.17, 15) is 9.90 Å². The molecule has 0 bridgehead atoms. The van der Waals surface area contributed by atoms with Gasteiger partial charge in [0.25, 0.3) is 0 Å². The Hall–Kier alpha value is -0.0900. The minimum Gasteiger partial charge on any atom is -0.394 e. The number of carbonyl (C=O) groups is 1. The average Bonchev–Trinajstić information content (AvgIpc) is 2.19. The molecule has 1 aliphatic rings. The molecule has 0 heterocycles. The number of aliphatic hydroxyl groups excluding tert-OH is 1. The van der Waals surface area contributed by atoms with E-state index in [1.54, 1.807) is 6.92 Å². The van der Waals surface area contributed by atoms with Crippen LogP contribution in [0, 0.1) is 0 Å². The summed E-state index contributed by atoms with van der Waals surface area (Å²) in [5, 5.41) is 12.3. The predicted octanol–water partition coefficient (Wildman–Crippen LogP) is 1.58.